The largest absolute Gasteiger partial charge is 0.493 e. The smallest absolute Gasteiger partial charge is 0.289 e. The zero-order valence-corrected chi connectivity index (χ0v) is 18.4. The molecule has 0 unspecified atom stereocenters. The summed E-state index contributed by atoms with van der Waals surface area (Å²) in [6.07, 6.45) is 1.90. The number of ether oxygens (including phenoxy) is 3. The van der Waals surface area contributed by atoms with Crippen LogP contribution >= 0.6 is 0 Å². The van der Waals surface area contributed by atoms with Crippen molar-refractivity contribution in [3.63, 3.8) is 0 Å². The van der Waals surface area contributed by atoms with Crippen LogP contribution in [0.2, 0.25) is 0 Å². The Labute approximate surface area is 180 Å². The van der Waals surface area contributed by atoms with E-state index in [0.29, 0.717) is 65.7 Å². The van der Waals surface area contributed by atoms with Crippen molar-refractivity contribution in [1.29, 1.82) is 0 Å². The van der Waals surface area contributed by atoms with E-state index in [-0.39, 0.29) is 5.91 Å². The summed E-state index contributed by atoms with van der Waals surface area (Å²) in [5, 5.41) is 4.07. The summed E-state index contributed by atoms with van der Waals surface area (Å²) in [4.78, 5) is 18.9. The van der Waals surface area contributed by atoms with Gasteiger partial charge in [0.05, 0.1) is 27.6 Å². The van der Waals surface area contributed by atoms with Gasteiger partial charge in [-0.25, -0.2) is 0 Å². The van der Waals surface area contributed by atoms with Crippen molar-refractivity contribution >= 4 is 5.91 Å². The van der Waals surface area contributed by atoms with E-state index < -0.39 is 0 Å². The molecule has 0 atom stereocenters. The highest BCUT2D eigenvalue weighted by Gasteiger charge is 2.21. The molecule has 3 rings (SSSR count). The molecule has 3 aromatic rings. The molecular weight excluding hydrogens is 402 g/mol. The summed E-state index contributed by atoms with van der Waals surface area (Å²) in [5.41, 5.74) is 0.662. The lowest BCUT2D eigenvalue weighted by Gasteiger charge is -2.22. The Kier molecular flexibility index (Phi) is 7.17. The second-order valence-electron chi connectivity index (χ2n) is 7.30. The van der Waals surface area contributed by atoms with Gasteiger partial charge in [0.25, 0.3) is 5.91 Å². The van der Waals surface area contributed by atoms with Crippen LogP contribution in [0.15, 0.2) is 39.5 Å². The van der Waals surface area contributed by atoms with Gasteiger partial charge in [-0.2, -0.15) is 4.98 Å². The third-order valence-corrected chi connectivity index (χ3v) is 4.59. The summed E-state index contributed by atoms with van der Waals surface area (Å²) in [6.45, 7) is 5.12. The fourth-order valence-electron chi connectivity index (χ4n) is 3.19. The van der Waals surface area contributed by atoms with E-state index in [1.54, 1.807) is 50.5 Å². The van der Waals surface area contributed by atoms with Crippen molar-refractivity contribution in [3.05, 3.63) is 42.2 Å². The molecule has 0 bridgehead atoms. The zero-order chi connectivity index (χ0) is 22.4. The van der Waals surface area contributed by atoms with Crippen LogP contribution in [0.25, 0.3) is 11.4 Å². The first kappa shape index (κ1) is 22.2. The number of furan rings is 1. The molecule has 0 spiro atoms. The first-order valence-corrected chi connectivity index (χ1v) is 9.92. The SMILES string of the molecule is COc1cc(-c2noc(CCN(CC(C)C)C(=O)c3ccco3)n2)cc(OC)c1OC. The summed E-state index contributed by atoms with van der Waals surface area (Å²) in [5.74, 6) is 2.74. The Balaban J connectivity index is 1.76. The van der Waals surface area contributed by atoms with E-state index in [9.17, 15) is 4.79 Å². The van der Waals surface area contributed by atoms with Crippen LogP contribution in [-0.4, -0.2) is 55.4 Å². The lowest BCUT2D eigenvalue weighted by molar-refractivity contribution is 0.0702. The number of nitrogens with zero attached hydrogens (tertiary/aromatic N) is 3. The first-order chi connectivity index (χ1) is 15.0. The minimum Gasteiger partial charge on any atom is -0.493 e. The van der Waals surface area contributed by atoms with E-state index in [2.05, 4.69) is 24.0 Å². The van der Waals surface area contributed by atoms with Gasteiger partial charge in [-0.05, 0) is 30.2 Å². The van der Waals surface area contributed by atoms with Gasteiger partial charge >= 0.3 is 0 Å². The topological polar surface area (TPSA) is 100 Å². The van der Waals surface area contributed by atoms with Gasteiger partial charge in [0.1, 0.15) is 0 Å². The standard InChI is InChI=1S/C22H27N3O6/c1-14(2)13-25(22(26)16-7-6-10-30-16)9-8-19-23-21(24-31-19)15-11-17(27-3)20(29-5)18(12-15)28-4/h6-7,10-12,14H,8-9,13H2,1-5H3. The van der Waals surface area contributed by atoms with Crippen molar-refractivity contribution in [2.45, 2.75) is 20.3 Å². The number of carbonyl (C=O) groups excluding carboxylic acids is 1. The van der Waals surface area contributed by atoms with Gasteiger partial charge in [0.15, 0.2) is 17.3 Å². The van der Waals surface area contributed by atoms with Gasteiger partial charge in [-0.1, -0.05) is 19.0 Å². The molecule has 0 saturated heterocycles. The fourth-order valence-corrected chi connectivity index (χ4v) is 3.19. The molecule has 9 heteroatoms. The van der Waals surface area contributed by atoms with E-state index >= 15 is 0 Å². The van der Waals surface area contributed by atoms with Crippen LogP contribution in [0.1, 0.15) is 30.3 Å². The zero-order valence-electron chi connectivity index (χ0n) is 18.4. The molecule has 2 heterocycles. The summed E-state index contributed by atoms with van der Waals surface area (Å²) >= 11 is 0. The first-order valence-electron chi connectivity index (χ1n) is 9.92. The highest BCUT2D eigenvalue weighted by molar-refractivity contribution is 5.91. The van der Waals surface area contributed by atoms with Gasteiger partial charge < -0.3 is 28.1 Å². The molecule has 0 N–H and O–H groups in total. The predicted octanol–water partition coefficient (Wildman–Crippen LogP) is 3.70. The predicted molar refractivity (Wildman–Crippen MR) is 113 cm³/mol. The van der Waals surface area contributed by atoms with Gasteiger partial charge in [-0.15, -0.1) is 0 Å². The highest BCUT2D eigenvalue weighted by atomic mass is 16.5. The number of carbonyl (C=O) groups is 1. The lowest BCUT2D eigenvalue weighted by Crippen LogP contribution is -2.35. The lowest BCUT2D eigenvalue weighted by atomic mass is 10.1. The molecule has 1 amide bonds. The van der Waals surface area contributed by atoms with Crippen molar-refractivity contribution in [2.24, 2.45) is 5.92 Å². The summed E-state index contributed by atoms with van der Waals surface area (Å²) < 4.78 is 26.8. The molecule has 0 aliphatic rings. The molecular formula is C22H27N3O6. The molecule has 0 radical (unpaired) electrons. The fraction of sp³-hybridized carbons (Fsp3) is 0.409. The molecule has 1 aromatic carbocycles. The van der Waals surface area contributed by atoms with Crippen molar-refractivity contribution in [3.8, 4) is 28.6 Å². The van der Waals surface area contributed by atoms with E-state index in [0.717, 1.165) is 0 Å². The Morgan fingerprint density at radius 2 is 1.84 bits per heavy atom. The van der Waals surface area contributed by atoms with Gasteiger partial charge in [0.2, 0.25) is 17.5 Å². The average Bonchev–Trinajstić information content (AvgIpc) is 3.47. The maximum Gasteiger partial charge on any atom is 0.289 e. The van der Waals surface area contributed by atoms with Crippen LogP contribution < -0.4 is 14.2 Å². The quantitative estimate of drug-likeness (QED) is 0.481. The maximum absolute atomic E-state index is 12.7. The monoisotopic (exact) mass is 429 g/mol. The Hall–Kier alpha value is -3.49. The molecule has 0 aliphatic heterocycles. The van der Waals surface area contributed by atoms with Crippen LogP contribution in [0.4, 0.5) is 0 Å². The number of hydrogen-bond donors (Lipinski definition) is 0. The van der Waals surface area contributed by atoms with Crippen LogP contribution in [0, 0.1) is 5.92 Å². The third kappa shape index (κ3) is 5.17. The second-order valence-corrected chi connectivity index (χ2v) is 7.30. The van der Waals surface area contributed by atoms with Gasteiger partial charge in [0, 0.05) is 25.1 Å². The number of rotatable bonds is 10. The Morgan fingerprint density at radius 3 is 2.39 bits per heavy atom. The molecule has 9 nitrogen and oxygen atoms in total. The third-order valence-electron chi connectivity index (χ3n) is 4.59. The maximum atomic E-state index is 12.7. The number of methoxy groups -OCH3 is 3. The summed E-state index contributed by atoms with van der Waals surface area (Å²) in [6, 6.07) is 6.86. The van der Waals surface area contributed by atoms with Crippen molar-refractivity contribution in [2.75, 3.05) is 34.4 Å². The molecule has 2 aromatic heterocycles. The average molecular weight is 429 g/mol. The van der Waals surface area contributed by atoms with Crippen molar-refractivity contribution in [1.82, 2.24) is 15.0 Å². The molecule has 166 valence electrons. The summed E-state index contributed by atoms with van der Waals surface area (Å²) in [7, 11) is 4.63. The molecule has 0 saturated carbocycles. The van der Waals surface area contributed by atoms with E-state index in [4.69, 9.17) is 23.2 Å². The van der Waals surface area contributed by atoms with Crippen molar-refractivity contribution < 1.29 is 27.9 Å². The number of benzene rings is 1. The van der Waals surface area contributed by atoms with Crippen LogP contribution in [0.5, 0.6) is 17.2 Å². The minimum atomic E-state index is -0.164. The van der Waals surface area contributed by atoms with Gasteiger partial charge in [-0.3, -0.25) is 4.79 Å². The molecule has 31 heavy (non-hydrogen) atoms. The van der Waals surface area contributed by atoms with E-state index in [1.807, 2.05) is 0 Å². The van der Waals surface area contributed by atoms with E-state index in [1.165, 1.54) is 6.26 Å². The molecule has 0 fully saturated rings. The minimum absolute atomic E-state index is 0.164. The van der Waals surface area contributed by atoms with Crippen LogP contribution in [0.3, 0.4) is 0 Å². The van der Waals surface area contributed by atoms with Crippen LogP contribution in [-0.2, 0) is 6.42 Å². The number of amides is 1. The molecule has 0 aliphatic carbocycles. The second kappa shape index (κ2) is 10.0. The Bertz CT molecular complexity index is 972. The normalized spacial score (nSPS) is 10.9. The number of aromatic nitrogens is 2. The Morgan fingerprint density at radius 1 is 1.13 bits per heavy atom. The number of hydrogen-bond acceptors (Lipinski definition) is 8. The highest BCUT2D eigenvalue weighted by Crippen LogP contribution is 2.40.